The van der Waals surface area contributed by atoms with Crippen molar-refractivity contribution in [1.82, 2.24) is 5.48 Å². The van der Waals surface area contributed by atoms with Gasteiger partial charge in [-0.25, -0.2) is 0 Å². The minimum Gasteiger partial charge on any atom is -0.302 e. The molecule has 0 bridgehead atoms. The fourth-order valence-corrected chi connectivity index (χ4v) is 1.59. The number of halogens is 1. The smallest absolute Gasteiger partial charge is 0.0654 e. The lowest BCUT2D eigenvalue weighted by Crippen LogP contribution is -2.21. The van der Waals surface area contributed by atoms with Crippen LogP contribution < -0.4 is 5.48 Å². The van der Waals surface area contributed by atoms with E-state index in [1.54, 1.807) is 0 Å². The lowest BCUT2D eigenvalue weighted by molar-refractivity contribution is 0.0216. The average Bonchev–Trinajstić information content (AvgIpc) is 2.25. The van der Waals surface area contributed by atoms with Gasteiger partial charge in [-0.2, -0.15) is 5.48 Å². The molecule has 0 aliphatic carbocycles. The Balaban J connectivity index is 2.65. The first-order valence-corrected chi connectivity index (χ1v) is 5.78. The highest BCUT2D eigenvalue weighted by molar-refractivity contribution is 6.30. The van der Waals surface area contributed by atoms with Crippen molar-refractivity contribution in [3.8, 4) is 0 Å². The first-order valence-electron chi connectivity index (χ1n) is 5.40. The maximum atomic E-state index is 5.85. The van der Waals surface area contributed by atoms with Crippen molar-refractivity contribution in [2.45, 2.75) is 32.7 Å². The highest BCUT2D eigenvalue weighted by atomic mass is 35.5. The summed E-state index contributed by atoms with van der Waals surface area (Å²) >= 11 is 5.85. The highest BCUT2D eigenvalue weighted by Gasteiger charge is 2.09. The molecule has 0 aliphatic heterocycles. The normalized spacial score (nSPS) is 12.7. The second-order valence-electron chi connectivity index (χ2n) is 3.44. The minimum absolute atomic E-state index is 0.257. The number of hydrogen-bond acceptors (Lipinski definition) is 2. The van der Waals surface area contributed by atoms with Crippen LogP contribution in [-0.4, -0.2) is 6.61 Å². The van der Waals surface area contributed by atoms with E-state index in [4.69, 9.17) is 16.4 Å². The van der Waals surface area contributed by atoms with Gasteiger partial charge in [-0.1, -0.05) is 37.1 Å². The Hall–Kier alpha value is -0.570. The maximum absolute atomic E-state index is 5.85. The third-order valence-electron chi connectivity index (χ3n) is 2.22. The Morgan fingerprint density at radius 1 is 1.27 bits per heavy atom. The number of benzene rings is 1. The van der Waals surface area contributed by atoms with Gasteiger partial charge >= 0.3 is 0 Å². The molecule has 0 saturated carbocycles. The van der Waals surface area contributed by atoms with Crippen molar-refractivity contribution in [1.29, 1.82) is 0 Å². The fraction of sp³-hybridized carbons (Fsp3) is 0.500. The van der Waals surface area contributed by atoms with Crippen LogP contribution in [0.25, 0.3) is 0 Å². The second kappa shape index (κ2) is 6.83. The zero-order valence-electron chi connectivity index (χ0n) is 9.29. The molecule has 1 rings (SSSR count). The predicted octanol–water partition coefficient (Wildman–Crippen LogP) is 3.72. The topological polar surface area (TPSA) is 21.3 Å². The summed E-state index contributed by atoms with van der Waals surface area (Å²) in [5, 5.41) is 0.769. The van der Waals surface area contributed by atoms with Crippen LogP contribution in [0.1, 0.15) is 38.3 Å². The van der Waals surface area contributed by atoms with Crippen LogP contribution in [0.2, 0.25) is 5.02 Å². The van der Waals surface area contributed by atoms with Crippen LogP contribution >= 0.6 is 11.6 Å². The van der Waals surface area contributed by atoms with E-state index in [1.807, 2.05) is 31.2 Å². The van der Waals surface area contributed by atoms with Gasteiger partial charge in [0.05, 0.1) is 12.6 Å². The maximum Gasteiger partial charge on any atom is 0.0654 e. The van der Waals surface area contributed by atoms with Gasteiger partial charge in [0.2, 0.25) is 0 Å². The third-order valence-corrected chi connectivity index (χ3v) is 2.47. The van der Waals surface area contributed by atoms with Crippen molar-refractivity contribution < 1.29 is 4.84 Å². The zero-order valence-corrected chi connectivity index (χ0v) is 10.1. The van der Waals surface area contributed by atoms with Gasteiger partial charge in [-0.05, 0) is 31.0 Å². The number of nitrogens with one attached hydrogen (secondary N) is 1. The van der Waals surface area contributed by atoms with Crippen LogP contribution in [-0.2, 0) is 4.84 Å². The Bertz CT molecular complexity index is 273. The lowest BCUT2D eigenvalue weighted by atomic mass is 10.0. The van der Waals surface area contributed by atoms with Crippen molar-refractivity contribution in [3.05, 3.63) is 34.9 Å². The molecule has 1 aromatic rings. The van der Waals surface area contributed by atoms with E-state index < -0.39 is 0 Å². The number of rotatable bonds is 6. The van der Waals surface area contributed by atoms with Gasteiger partial charge in [0, 0.05) is 5.02 Å². The molecule has 0 radical (unpaired) electrons. The Kier molecular flexibility index (Phi) is 5.69. The molecule has 0 aliphatic rings. The third kappa shape index (κ3) is 4.20. The summed E-state index contributed by atoms with van der Waals surface area (Å²) in [6.45, 7) is 4.81. The molecule has 0 amide bonds. The Labute approximate surface area is 96.5 Å². The molecule has 15 heavy (non-hydrogen) atoms. The molecule has 0 spiro atoms. The average molecular weight is 228 g/mol. The first kappa shape index (κ1) is 12.5. The molecule has 3 heteroatoms. The van der Waals surface area contributed by atoms with Crippen LogP contribution in [0, 0.1) is 0 Å². The predicted molar refractivity (Wildman–Crippen MR) is 63.9 cm³/mol. The largest absolute Gasteiger partial charge is 0.302 e. The van der Waals surface area contributed by atoms with Crippen LogP contribution in [0.3, 0.4) is 0 Å². The zero-order chi connectivity index (χ0) is 11.1. The molecule has 1 atom stereocenters. The monoisotopic (exact) mass is 227 g/mol. The summed E-state index contributed by atoms with van der Waals surface area (Å²) in [5.74, 6) is 0. The molecule has 0 saturated heterocycles. The van der Waals surface area contributed by atoms with Crippen LogP contribution in [0.5, 0.6) is 0 Å². The first-order chi connectivity index (χ1) is 7.27. The molecule has 0 aromatic heterocycles. The van der Waals surface area contributed by atoms with Crippen molar-refractivity contribution >= 4 is 11.6 Å². The number of hydroxylamine groups is 1. The summed E-state index contributed by atoms with van der Waals surface area (Å²) in [6, 6.07) is 8.15. The SMILES string of the molecule is CCCC(NOCC)c1ccc(Cl)cc1. The quantitative estimate of drug-likeness (QED) is 0.748. The highest BCUT2D eigenvalue weighted by Crippen LogP contribution is 2.20. The molecular weight excluding hydrogens is 210 g/mol. The van der Waals surface area contributed by atoms with E-state index >= 15 is 0 Å². The number of hydrogen-bond donors (Lipinski definition) is 1. The molecule has 84 valence electrons. The van der Waals surface area contributed by atoms with Gasteiger partial charge < -0.3 is 4.84 Å². The molecule has 1 unspecified atom stereocenters. The van der Waals surface area contributed by atoms with E-state index in [9.17, 15) is 0 Å². The van der Waals surface area contributed by atoms with Gasteiger partial charge in [0.25, 0.3) is 0 Å². The van der Waals surface area contributed by atoms with E-state index in [2.05, 4.69) is 12.4 Å². The molecule has 1 N–H and O–H groups in total. The van der Waals surface area contributed by atoms with Gasteiger partial charge in [-0.15, -0.1) is 0 Å². The second-order valence-corrected chi connectivity index (χ2v) is 3.88. The summed E-state index contributed by atoms with van der Waals surface area (Å²) in [5.41, 5.74) is 4.28. The van der Waals surface area contributed by atoms with Gasteiger partial charge in [-0.3, -0.25) is 0 Å². The Morgan fingerprint density at radius 3 is 2.47 bits per heavy atom. The van der Waals surface area contributed by atoms with E-state index in [1.165, 1.54) is 5.56 Å². The molecule has 1 aromatic carbocycles. The van der Waals surface area contributed by atoms with Crippen LogP contribution in [0.15, 0.2) is 24.3 Å². The van der Waals surface area contributed by atoms with E-state index in [-0.39, 0.29) is 6.04 Å². The Morgan fingerprint density at radius 2 is 1.93 bits per heavy atom. The van der Waals surface area contributed by atoms with Gasteiger partial charge in [0.15, 0.2) is 0 Å². The molecular formula is C12H18ClNO. The summed E-state index contributed by atoms with van der Waals surface area (Å²) in [4.78, 5) is 5.25. The summed E-state index contributed by atoms with van der Waals surface area (Å²) < 4.78 is 0. The van der Waals surface area contributed by atoms with E-state index in [0.717, 1.165) is 17.9 Å². The van der Waals surface area contributed by atoms with Crippen LogP contribution in [0.4, 0.5) is 0 Å². The van der Waals surface area contributed by atoms with Crippen molar-refractivity contribution in [3.63, 3.8) is 0 Å². The summed E-state index contributed by atoms with van der Waals surface area (Å²) in [6.07, 6.45) is 2.18. The van der Waals surface area contributed by atoms with Crippen molar-refractivity contribution in [2.24, 2.45) is 0 Å². The van der Waals surface area contributed by atoms with Crippen molar-refractivity contribution in [2.75, 3.05) is 6.61 Å². The minimum atomic E-state index is 0.257. The standard InChI is InChI=1S/C12H18ClNO/c1-3-5-12(14-15-4-2)10-6-8-11(13)9-7-10/h6-9,12,14H,3-5H2,1-2H3. The summed E-state index contributed by atoms with van der Waals surface area (Å²) in [7, 11) is 0. The fourth-order valence-electron chi connectivity index (χ4n) is 1.46. The molecule has 2 nitrogen and oxygen atoms in total. The lowest BCUT2D eigenvalue weighted by Gasteiger charge is -2.17. The van der Waals surface area contributed by atoms with Gasteiger partial charge in [0.1, 0.15) is 0 Å². The molecule has 0 fully saturated rings. The molecule has 0 heterocycles. The van der Waals surface area contributed by atoms with E-state index in [0.29, 0.717) is 6.61 Å².